The van der Waals surface area contributed by atoms with Crippen LogP contribution in [0.25, 0.3) is 11.3 Å². The van der Waals surface area contributed by atoms with Crippen LogP contribution in [-0.4, -0.2) is 85.6 Å². The first-order chi connectivity index (χ1) is 24.1. The van der Waals surface area contributed by atoms with Crippen LogP contribution >= 0.6 is 0 Å². The van der Waals surface area contributed by atoms with Crippen LogP contribution in [0.4, 0.5) is 11.6 Å². The summed E-state index contributed by atoms with van der Waals surface area (Å²) in [4.78, 5) is 17.5. The Morgan fingerprint density at radius 3 is 2.24 bits per heavy atom. The van der Waals surface area contributed by atoms with Gasteiger partial charge >= 0.3 is 0 Å². The molecule has 3 saturated carbocycles. The number of aryl methyl sites for hydroxylation is 2. The molecule has 3 aliphatic heterocycles. The molecule has 0 amide bonds. The highest BCUT2D eigenvalue weighted by atomic mass is 32.2. The van der Waals surface area contributed by atoms with E-state index in [1.807, 2.05) is 24.3 Å². The Kier molecular flexibility index (Phi) is 7.97. The molecule has 1 aromatic heterocycles. The normalized spacial score (nSPS) is 29.9. The quantitative estimate of drug-likeness (QED) is 0.320. The van der Waals surface area contributed by atoms with Crippen LogP contribution in [0.15, 0.2) is 53.4 Å². The lowest BCUT2D eigenvalue weighted by atomic mass is 9.58. The smallest absolute Gasteiger partial charge is 0.264 e. The van der Waals surface area contributed by atoms with E-state index in [-0.39, 0.29) is 23.0 Å². The molecule has 0 unspecified atom stereocenters. The topological polar surface area (TPSA) is 90.9 Å². The standard InChI is InChI=1S/C40H52N6O3S/c1-27-9-7-10-28(2)37(27)33-20-36-42-38(41-33)43-50(47,48)32-12-8-11-29(19-32)46(31-23-40(24-31)15-17-44(3)18-16-40)34-25-45(26-35(34)49-36)30-21-39(22-30)13-5-4-6-14-39/h7-12,19-20,30-31,34-35H,4-6,13-18,21-26H2,1-3H3,(H,41,42,43)/t34-,35-/m1/s1. The number of hydrogen-bond donors (Lipinski definition) is 1. The van der Waals surface area contributed by atoms with Crippen LogP contribution < -0.4 is 14.4 Å². The number of fused-ring (bicyclic) bond motifs is 5. The number of anilines is 2. The largest absolute Gasteiger partial charge is 0.471 e. The Morgan fingerprint density at radius 2 is 1.50 bits per heavy atom. The van der Waals surface area contributed by atoms with Crippen molar-refractivity contribution in [2.75, 3.05) is 42.8 Å². The van der Waals surface area contributed by atoms with Crippen molar-refractivity contribution < 1.29 is 13.2 Å². The van der Waals surface area contributed by atoms with Crippen LogP contribution in [-0.2, 0) is 10.0 Å². The average Bonchev–Trinajstić information content (AvgIpc) is 3.46. The maximum absolute atomic E-state index is 14.0. The number of likely N-dealkylation sites (tertiary alicyclic amines) is 2. The molecule has 50 heavy (non-hydrogen) atoms. The third kappa shape index (κ3) is 5.79. The molecule has 266 valence electrons. The fourth-order valence-corrected chi connectivity index (χ4v) is 11.7. The van der Waals surface area contributed by atoms with Gasteiger partial charge in [0, 0.05) is 42.5 Å². The minimum Gasteiger partial charge on any atom is -0.471 e. The zero-order chi connectivity index (χ0) is 34.3. The number of sulfonamides is 1. The second kappa shape index (κ2) is 12.2. The zero-order valence-corrected chi connectivity index (χ0v) is 30.7. The van der Waals surface area contributed by atoms with E-state index in [0.29, 0.717) is 34.5 Å². The first-order valence-corrected chi connectivity index (χ1v) is 20.5. The summed E-state index contributed by atoms with van der Waals surface area (Å²) in [5, 5.41) is 0. The molecule has 1 N–H and O–H groups in total. The summed E-state index contributed by atoms with van der Waals surface area (Å²) < 4.78 is 37.8. The third-order valence-electron chi connectivity index (χ3n) is 13.5. The molecule has 2 spiro atoms. The van der Waals surface area contributed by atoms with Crippen molar-refractivity contribution in [1.29, 1.82) is 0 Å². The fraction of sp³-hybridized carbons (Fsp3) is 0.600. The van der Waals surface area contributed by atoms with Gasteiger partial charge in [0.05, 0.1) is 16.6 Å². The Balaban J connectivity index is 1.12. The van der Waals surface area contributed by atoms with Gasteiger partial charge in [-0.2, -0.15) is 4.98 Å². The lowest BCUT2D eigenvalue weighted by Crippen LogP contribution is -2.60. The minimum atomic E-state index is -3.97. The summed E-state index contributed by atoms with van der Waals surface area (Å²) in [6, 6.07) is 16.6. The van der Waals surface area contributed by atoms with Gasteiger partial charge in [-0.25, -0.2) is 18.1 Å². The van der Waals surface area contributed by atoms with Crippen molar-refractivity contribution in [3.63, 3.8) is 0 Å². The van der Waals surface area contributed by atoms with E-state index >= 15 is 0 Å². The maximum atomic E-state index is 14.0. The molecule has 9 nitrogen and oxygen atoms in total. The highest BCUT2D eigenvalue weighted by Crippen LogP contribution is 2.55. The molecule has 2 saturated heterocycles. The highest BCUT2D eigenvalue weighted by Gasteiger charge is 2.54. The number of benzene rings is 2. The van der Waals surface area contributed by atoms with Gasteiger partial charge in [-0.1, -0.05) is 43.5 Å². The fourth-order valence-electron chi connectivity index (χ4n) is 10.7. The summed E-state index contributed by atoms with van der Waals surface area (Å²) in [6.07, 6.45) is 14.1. The van der Waals surface area contributed by atoms with E-state index in [4.69, 9.17) is 14.7 Å². The number of ether oxygens (including phenoxy) is 1. The lowest BCUT2D eigenvalue weighted by molar-refractivity contribution is -0.0196. The molecular formula is C40H52N6O3S. The van der Waals surface area contributed by atoms with E-state index < -0.39 is 10.0 Å². The van der Waals surface area contributed by atoms with E-state index in [1.165, 1.54) is 57.8 Å². The van der Waals surface area contributed by atoms with Gasteiger partial charge in [-0.15, -0.1) is 0 Å². The van der Waals surface area contributed by atoms with E-state index in [1.54, 1.807) is 6.07 Å². The third-order valence-corrected chi connectivity index (χ3v) is 14.9. The van der Waals surface area contributed by atoms with Crippen LogP contribution in [0, 0.1) is 24.7 Å². The first-order valence-electron chi connectivity index (χ1n) is 19.0. The van der Waals surface area contributed by atoms with Crippen LogP contribution in [0.2, 0.25) is 0 Å². The van der Waals surface area contributed by atoms with Gasteiger partial charge in [0.25, 0.3) is 10.0 Å². The molecule has 2 atom stereocenters. The molecule has 10 heteroatoms. The van der Waals surface area contributed by atoms with E-state index in [2.05, 4.69) is 58.5 Å². The Hall–Kier alpha value is -3.21. The second-order valence-corrected chi connectivity index (χ2v) is 18.5. The Labute approximate surface area is 297 Å². The zero-order valence-electron chi connectivity index (χ0n) is 29.9. The monoisotopic (exact) mass is 696 g/mol. The number of rotatable bonds is 3. The summed E-state index contributed by atoms with van der Waals surface area (Å²) in [6.45, 7) is 8.18. The van der Waals surface area contributed by atoms with Crippen molar-refractivity contribution in [2.24, 2.45) is 10.8 Å². The van der Waals surface area contributed by atoms with Crippen LogP contribution in [0.1, 0.15) is 81.8 Å². The molecule has 4 bridgehead atoms. The van der Waals surface area contributed by atoms with Gasteiger partial charge in [0.2, 0.25) is 11.8 Å². The average molecular weight is 697 g/mol. The summed E-state index contributed by atoms with van der Waals surface area (Å²) in [7, 11) is -1.73. The van der Waals surface area contributed by atoms with Crippen molar-refractivity contribution in [1.82, 2.24) is 19.8 Å². The molecule has 9 rings (SSSR count). The molecule has 5 fully saturated rings. The molecule has 0 radical (unpaired) electrons. The van der Waals surface area contributed by atoms with E-state index in [9.17, 15) is 8.42 Å². The number of hydrogen-bond acceptors (Lipinski definition) is 8. The van der Waals surface area contributed by atoms with Gasteiger partial charge in [0.15, 0.2) is 0 Å². The first kappa shape index (κ1) is 32.7. The van der Waals surface area contributed by atoms with Crippen molar-refractivity contribution in [3.05, 3.63) is 59.7 Å². The number of aromatic nitrogens is 2. The summed E-state index contributed by atoms with van der Waals surface area (Å²) in [5.74, 6) is 0.463. The van der Waals surface area contributed by atoms with Gasteiger partial charge in [-0.05, 0) is 126 Å². The maximum Gasteiger partial charge on any atom is 0.264 e. The van der Waals surface area contributed by atoms with Gasteiger partial charge in [0.1, 0.15) is 6.10 Å². The van der Waals surface area contributed by atoms with Gasteiger partial charge in [-0.3, -0.25) is 4.90 Å². The summed E-state index contributed by atoms with van der Waals surface area (Å²) >= 11 is 0. The highest BCUT2D eigenvalue weighted by molar-refractivity contribution is 7.92. The molecular weight excluding hydrogens is 645 g/mol. The Bertz CT molecular complexity index is 1850. The van der Waals surface area contributed by atoms with E-state index in [0.717, 1.165) is 61.4 Å². The second-order valence-electron chi connectivity index (χ2n) is 16.9. The van der Waals surface area contributed by atoms with Gasteiger partial charge < -0.3 is 14.5 Å². The lowest BCUT2D eigenvalue weighted by Gasteiger charge is -2.57. The number of piperidine rings is 1. The van der Waals surface area contributed by atoms with Crippen molar-refractivity contribution >= 4 is 21.7 Å². The molecule has 3 aliphatic carbocycles. The summed E-state index contributed by atoms with van der Waals surface area (Å²) in [5.41, 5.74) is 5.68. The predicted molar refractivity (Wildman–Crippen MR) is 197 cm³/mol. The number of nitrogens with zero attached hydrogens (tertiary/aromatic N) is 5. The molecule has 4 heterocycles. The Morgan fingerprint density at radius 1 is 0.820 bits per heavy atom. The van der Waals surface area contributed by atoms with Crippen molar-refractivity contribution in [3.8, 4) is 17.1 Å². The van der Waals surface area contributed by atoms with Crippen LogP contribution in [0.3, 0.4) is 0 Å². The molecule has 2 aromatic carbocycles. The van der Waals surface area contributed by atoms with Crippen molar-refractivity contribution in [2.45, 2.75) is 114 Å². The molecule has 6 aliphatic rings. The van der Waals surface area contributed by atoms with Crippen LogP contribution in [0.5, 0.6) is 5.88 Å². The predicted octanol–water partition coefficient (Wildman–Crippen LogP) is 6.80. The molecule has 3 aromatic rings. The number of nitrogens with one attached hydrogen (secondary N) is 1. The SMILES string of the molecule is Cc1cccc(C)c1-c1cc2nc(n1)NS(=O)(=O)c1cccc(c1)N(C1CC3(CCN(C)CC3)C1)[C@@H]1CN(C3CC4(CCCCC4)C3)C[C@H]1O2. The minimum absolute atomic E-state index is 0.0378.